The molecule has 5 nitrogen and oxygen atoms in total. The van der Waals surface area contributed by atoms with Gasteiger partial charge in [-0.2, -0.15) is 0 Å². The molecule has 4 amide bonds. The van der Waals surface area contributed by atoms with Crippen LogP contribution in [0.1, 0.15) is 26.7 Å². The second kappa shape index (κ2) is 4.91. The van der Waals surface area contributed by atoms with E-state index in [4.69, 9.17) is 0 Å². The summed E-state index contributed by atoms with van der Waals surface area (Å²) in [6.07, 6.45) is 0.795. The van der Waals surface area contributed by atoms with E-state index >= 15 is 0 Å². The third-order valence-corrected chi connectivity index (χ3v) is 2.53. The van der Waals surface area contributed by atoms with Crippen LogP contribution in [0.3, 0.4) is 0 Å². The number of nitrogens with one attached hydrogen (secondary N) is 2. The van der Waals surface area contributed by atoms with E-state index < -0.39 is 23.3 Å². The Balaban J connectivity index is 0.00000169. The van der Waals surface area contributed by atoms with E-state index in [0.717, 1.165) is 0 Å². The maximum atomic E-state index is 11.4. The summed E-state index contributed by atoms with van der Waals surface area (Å²) in [5.41, 5.74) is -1.06. The molecule has 0 unspecified atom stereocenters. The van der Waals surface area contributed by atoms with Gasteiger partial charge in [0.1, 0.15) is 5.41 Å². The van der Waals surface area contributed by atoms with Gasteiger partial charge < -0.3 is 0 Å². The number of rotatable bonds is 2. The van der Waals surface area contributed by atoms with Crippen LogP contribution in [0.2, 0.25) is 0 Å². The minimum absolute atomic E-state index is 0. The number of amides is 4. The van der Waals surface area contributed by atoms with Gasteiger partial charge in [0.25, 0.3) is 0 Å². The largest absolute Gasteiger partial charge is 0.328 e. The van der Waals surface area contributed by atoms with Crippen molar-refractivity contribution < 1.29 is 14.4 Å². The van der Waals surface area contributed by atoms with Crippen LogP contribution in [0.25, 0.3) is 0 Å². The third kappa shape index (κ3) is 1.99. The van der Waals surface area contributed by atoms with Crippen LogP contribution in [0, 0.1) is 5.41 Å². The van der Waals surface area contributed by atoms with Crippen LogP contribution in [-0.2, 0) is 9.59 Å². The van der Waals surface area contributed by atoms with E-state index in [1.54, 1.807) is 13.8 Å². The van der Waals surface area contributed by atoms with Crippen LogP contribution in [0.4, 0.5) is 4.79 Å². The molecule has 6 heteroatoms. The standard InChI is InChI=1S/C8H12N2O3.Na/c1-3-8(4-2)5(11)9-7(13)10-6(8)12;/h3-4H2,1-2H3,(H2,9,10,11,12,13);. The quantitative estimate of drug-likeness (QED) is 0.485. The summed E-state index contributed by atoms with van der Waals surface area (Å²) in [7, 11) is 0. The molecule has 0 aliphatic carbocycles. The molecule has 0 saturated carbocycles. The Morgan fingerprint density at radius 1 is 1.00 bits per heavy atom. The molecule has 0 aromatic rings. The second-order valence-corrected chi connectivity index (χ2v) is 3.03. The number of urea groups is 1. The summed E-state index contributed by atoms with van der Waals surface area (Å²) in [5, 5.41) is 4.19. The van der Waals surface area contributed by atoms with Crippen LogP contribution < -0.4 is 10.6 Å². The fourth-order valence-corrected chi connectivity index (χ4v) is 1.47. The van der Waals surface area contributed by atoms with Crippen molar-refractivity contribution in [2.45, 2.75) is 26.7 Å². The maximum Gasteiger partial charge on any atom is 0.328 e. The molecule has 1 aliphatic heterocycles. The van der Waals surface area contributed by atoms with Gasteiger partial charge in [-0.05, 0) is 12.8 Å². The number of hydrogen-bond acceptors (Lipinski definition) is 3. The molecule has 73 valence electrons. The average molecular weight is 207 g/mol. The molecule has 1 saturated heterocycles. The van der Waals surface area contributed by atoms with Gasteiger partial charge in [0.15, 0.2) is 0 Å². The van der Waals surface area contributed by atoms with Crippen LogP contribution in [0.15, 0.2) is 0 Å². The van der Waals surface area contributed by atoms with Gasteiger partial charge in [0, 0.05) is 29.6 Å². The minimum Gasteiger partial charge on any atom is -0.277 e. The summed E-state index contributed by atoms with van der Waals surface area (Å²) >= 11 is 0. The SMILES string of the molecule is CCC1(CC)C(=O)NC(=O)NC1=O.[Na]. The summed E-state index contributed by atoms with van der Waals surface area (Å²) in [4.78, 5) is 33.6. The van der Waals surface area contributed by atoms with Crippen molar-refractivity contribution >= 4 is 47.4 Å². The molecule has 1 fully saturated rings. The van der Waals surface area contributed by atoms with Crippen molar-refractivity contribution in [2.75, 3.05) is 0 Å². The fourth-order valence-electron chi connectivity index (χ4n) is 1.47. The first-order chi connectivity index (χ1) is 6.06. The number of hydrogen-bond donors (Lipinski definition) is 2. The average Bonchev–Trinajstić information content (AvgIpc) is 2.05. The third-order valence-electron chi connectivity index (χ3n) is 2.53. The van der Waals surface area contributed by atoms with E-state index in [-0.39, 0.29) is 29.6 Å². The van der Waals surface area contributed by atoms with Crippen LogP contribution in [0.5, 0.6) is 0 Å². The number of imide groups is 2. The number of carbonyl (C=O) groups excluding carboxylic acids is 3. The van der Waals surface area contributed by atoms with Crippen molar-refractivity contribution in [3.8, 4) is 0 Å². The van der Waals surface area contributed by atoms with E-state index in [9.17, 15) is 14.4 Å². The van der Waals surface area contributed by atoms with Crippen molar-refractivity contribution in [1.29, 1.82) is 0 Å². The van der Waals surface area contributed by atoms with Gasteiger partial charge >= 0.3 is 6.03 Å². The first kappa shape index (κ1) is 13.6. The van der Waals surface area contributed by atoms with Gasteiger partial charge in [-0.1, -0.05) is 13.8 Å². The van der Waals surface area contributed by atoms with Crippen LogP contribution >= 0.6 is 0 Å². The molecule has 0 aromatic carbocycles. The van der Waals surface area contributed by atoms with Gasteiger partial charge in [0.05, 0.1) is 0 Å². The Morgan fingerprint density at radius 2 is 1.36 bits per heavy atom. The van der Waals surface area contributed by atoms with Gasteiger partial charge in [-0.15, -0.1) is 0 Å². The molecule has 1 radical (unpaired) electrons. The molecule has 0 aromatic heterocycles. The number of barbiturate groups is 1. The Labute approximate surface area is 104 Å². The van der Waals surface area contributed by atoms with Crippen molar-refractivity contribution in [3.05, 3.63) is 0 Å². The first-order valence-corrected chi connectivity index (χ1v) is 4.23. The Hall–Kier alpha value is -0.390. The van der Waals surface area contributed by atoms with Gasteiger partial charge in [0.2, 0.25) is 11.8 Å². The van der Waals surface area contributed by atoms with Crippen molar-refractivity contribution in [2.24, 2.45) is 5.41 Å². The van der Waals surface area contributed by atoms with E-state index in [1.807, 2.05) is 0 Å². The molecule has 1 aliphatic rings. The summed E-state index contributed by atoms with van der Waals surface area (Å²) in [6, 6.07) is -0.729. The molecule has 14 heavy (non-hydrogen) atoms. The van der Waals surface area contributed by atoms with E-state index in [0.29, 0.717) is 12.8 Å². The molecule has 0 bridgehead atoms. The Morgan fingerprint density at radius 3 is 1.64 bits per heavy atom. The minimum atomic E-state index is -1.06. The normalized spacial score (nSPS) is 19.4. The monoisotopic (exact) mass is 207 g/mol. The molecular weight excluding hydrogens is 195 g/mol. The fraction of sp³-hybridized carbons (Fsp3) is 0.625. The predicted octanol–water partition coefficient (Wildman–Crippen LogP) is -0.222. The predicted molar refractivity (Wildman–Crippen MR) is 50.5 cm³/mol. The van der Waals surface area contributed by atoms with Gasteiger partial charge in [-0.3, -0.25) is 20.2 Å². The smallest absolute Gasteiger partial charge is 0.277 e. The molecular formula is C8H12N2NaO3. The zero-order valence-electron chi connectivity index (χ0n) is 8.64. The van der Waals surface area contributed by atoms with E-state index in [1.165, 1.54) is 0 Å². The van der Waals surface area contributed by atoms with Crippen molar-refractivity contribution in [1.82, 2.24) is 10.6 Å². The Bertz CT molecular complexity index is 252. The molecule has 1 rings (SSSR count). The topological polar surface area (TPSA) is 75.3 Å². The van der Waals surface area contributed by atoms with Gasteiger partial charge in [-0.25, -0.2) is 4.79 Å². The zero-order chi connectivity index (χ0) is 10.1. The van der Waals surface area contributed by atoms with Crippen molar-refractivity contribution in [3.63, 3.8) is 0 Å². The maximum absolute atomic E-state index is 11.4. The molecule has 1 heterocycles. The summed E-state index contributed by atoms with van der Waals surface area (Å²) in [5.74, 6) is -0.988. The Kier molecular flexibility index (Phi) is 4.77. The molecule has 2 N–H and O–H groups in total. The molecule has 0 atom stereocenters. The number of carbonyl (C=O) groups is 3. The summed E-state index contributed by atoms with van der Waals surface area (Å²) < 4.78 is 0. The summed E-state index contributed by atoms with van der Waals surface area (Å²) in [6.45, 7) is 3.50. The van der Waals surface area contributed by atoms with Crippen LogP contribution in [-0.4, -0.2) is 47.4 Å². The first-order valence-electron chi connectivity index (χ1n) is 4.23. The molecule has 0 spiro atoms. The van der Waals surface area contributed by atoms with E-state index in [2.05, 4.69) is 10.6 Å². The zero-order valence-corrected chi connectivity index (χ0v) is 10.6. The second-order valence-electron chi connectivity index (χ2n) is 3.03.